The molecule has 86 valence electrons. The minimum absolute atomic E-state index is 0.269. The van der Waals surface area contributed by atoms with E-state index in [9.17, 15) is 0 Å². The normalized spacial score (nSPS) is 20.4. The van der Waals surface area contributed by atoms with E-state index in [1.165, 1.54) is 32.1 Å². The van der Waals surface area contributed by atoms with E-state index in [1.807, 2.05) is 0 Å². The minimum atomic E-state index is 0.269. The van der Waals surface area contributed by atoms with Crippen LogP contribution in [0.2, 0.25) is 0 Å². The first-order valence-electron chi connectivity index (χ1n) is 6.07. The Labute approximate surface area is 88.7 Å². The summed E-state index contributed by atoms with van der Waals surface area (Å²) in [5.74, 6) is 0. The second-order valence-corrected chi connectivity index (χ2v) is 3.85. The van der Waals surface area contributed by atoms with Gasteiger partial charge < -0.3 is 9.84 Å². The van der Waals surface area contributed by atoms with Crippen LogP contribution >= 0.6 is 0 Å². The van der Waals surface area contributed by atoms with Crippen molar-refractivity contribution in [2.75, 3.05) is 13.2 Å². The first-order valence-corrected chi connectivity index (χ1v) is 6.07. The van der Waals surface area contributed by atoms with Gasteiger partial charge in [-0.3, -0.25) is 0 Å². The van der Waals surface area contributed by atoms with Gasteiger partial charge in [-0.2, -0.15) is 0 Å². The molecule has 2 heteroatoms. The van der Waals surface area contributed by atoms with E-state index in [-0.39, 0.29) is 6.61 Å². The van der Waals surface area contributed by atoms with E-state index in [2.05, 4.69) is 13.8 Å². The van der Waals surface area contributed by atoms with Crippen molar-refractivity contribution in [1.82, 2.24) is 0 Å². The Morgan fingerprint density at radius 1 is 1.21 bits per heavy atom. The molecule has 0 bridgehead atoms. The van der Waals surface area contributed by atoms with Crippen molar-refractivity contribution < 1.29 is 9.84 Å². The summed E-state index contributed by atoms with van der Waals surface area (Å²) in [7, 11) is 0. The average molecular weight is 202 g/mol. The van der Waals surface area contributed by atoms with Gasteiger partial charge in [-0.15, -0.1) is 0 Å². The maximum atomic E-state index is 8.45. The second kappa shape index (κ2) is 11.0. The Hall–Kier alpha value is -0.0800. The zero-order chi connectivity index (χ0) is 10.6. The lowest BCUT2D eigenvalue weighted by molar-refractivity contribution is 0.0868. The van der Waals surface area contributed by atoms with Crippen LogP contribution in [0.15, 0.2) is 0 Å². The van der Waals surface area contributed by atoms with E-state index in [4.69, 9.17) is 9.84 Å². The summed E-state index contributed by atoms with van der Waals surface area (Å²) < 4.78 is 5.23. The van der Waals surface area contributed by atoms with Gasteiger partial charge in [0.15, 0.2) is 0 Å². The highest BCUT2D eigenvalue weighted by molar-refractivity contribution is 4.63. The van der Waals surface area contributed by atoms with Crippen LogP contribution < -0.4 is 0 Å². The third kappa shape index (κ3) is 8.52. The molecule has 1 aliphatic heterocycles. The van der Waals surface area contributed by atoms with Crippen molar-refractivity contribution in [3.63, 3.8) is 0 Å². The first-order chi connectivity index (χ1) is 6.85. The summed E-state index contributed by atoms with van der Waals surface area (Å²) in [5, 5.41) is 8.45. The molecule has 1 saturated heterocycles. The molecule has 0 saturated carbocycles. The number of ether oxygens (including phenoxy) is 1. The van der Waals surface area contributed by atoms with Crippen molar-refractivity contribution in [3.8, 4) is 0 Å². The highest BCUT2D eigenvalue weighted by Crippen LogP contribution is 2.13. The fourth-order valence-electron chi connectivity index (χ4n) is 1.52. The van der Waals surface area contributed by atoms with Crippen molar-refractivity contribution >= 4 is 0 Å². The fourth-order valence-corrected chi connectivity index (χ4v) is 1.52. The number of aliphatic hydroxyl groups excluding tert-OH is 1. The maximum absolute atomic E-state index is 8.45. The van der Waals surface area contributed by atoms with Crippen LogP contribution in [0, 0.1) is 0 Å². The number of hydrogen-bond acceptors (Lipinski definition) is 2. The minimum Gasteiger partial charge on any atom is -0.396 e. The Kier molecular flexibility index (Phi) is 10.9. The van der Waals surface area contributed by atoms with E-state index in [1.54, 1.807) is 0 Å². The molecule has 0 radical (unpaired) electrons. The summed E-state index contributed by atoms with van der Waals surface area (Å²) in [5.41, 5.74) is 0. The summed E-state index contributed by atoms with van der Waals surface area (Å²) in [6.45, 7) is 5.63. The quantitative estimate of drug-likeness (QED) is 0.694. The molecule has 1 atom stereocenters. The van der Waals surface area contributed by atoms with E-state index in [0.717, 1.165) is 19.4 Å². The first kappa shape index (κ1) is 13.9. The molecule has 1 rings (SSSR count). The van der Waals surface area contributed by atoms with E-state index in [0.29, 0.717) is 6.10 Å². The molecule has 14 heavy (non-hydrogen) atoms. The summed E-state index contributed by atoms with van der Waals surface area (Å²) in [6.07, 6.45) is 9.03. The molecule has 0 spiro atoms. The molecule has 0 aromatic rings. The van der Waals surface area contributed by atoms with Crippen LogP contribution in [-0.2, 0) is 4.74 Å². The van der Waals surface area contributed by atoms with Gasteiger partial charge in [-0.05, 0) is 19.3 Å². The molecule has 0 aromatic carbocycles. The molecule has 1 unspecified atom stereocenters. The number of rotatable bonds is 5. The zero-order valence-corrected chi connectivity index (χ0v) is 9.80. The third-order valence-electron chi connectivity index (χ3n) is 2.43. The maximum Gasteiger partial charge on any atom is 0.0597 e. The summed E-state index contributed by atoms with van der Waals surface area (Å²) in [4.78, 5) is 0. The second-order valence-electron chi connectivity index (χ2n) is 3.85. The number of unbranched alkanes of at least 4 members (excludes halogenated alkanes) is 3. The Morgan fingerprint density at radius 2 is 1.86 bits per heavy atom. The van der Waals surface area contributed by atoms with Crippen molar-refractivity contribution in [3.05, 3.63) is 0 Å². The fraction of sp³-hybridized carbons (Fsp3) is 1.00. The predicted octanol–water partition coefficient (Wildman–Crippen LogP) is 3.13. The van der Waals surface area contributed by atoms with Crippen molar-refractivity contribution in [2.24, 2.45) is 0 Å². The molecule has 0 amide bonds. The van der Waals surface area contributed by atoms with Gasteiger partial charge in [-0.1, -0.05) is 39.5 Å². The van der Waals surface area contributed by atoms with Crippen LogP contribution in [0.1, 0.15) is 58.8 Å². The molecule has 0 aliphatic carbocycles. The zero-order valence-electron chi connectivity index (χ0n) is 9.80. The highest BCUT2D eigenvalue weighted by atomic mass is 16.5. The molecule has 0 aromatic heterocycles. The molecule has 1 heterocycles. The van der Waals surface area contributed by atoms with Crippen LogP contribution in [0.4, 0.5) is 0 Å². The Bertz CT molecular complexity index is 94.5. The lowest BCUT2D eigenvalue weighted by atomic mass is 10.2. The lowest BCUT2D eigenvalue weighted by Gasteiger charge is -2.03. The van der Waals surface area contributed by atoms with Gasteiger partial charge in [0.2, 0.25) is 0 Å². The molecule has 1 aliphatic rings. The summed E-state index contributed by atoms with van der Waals surface area (Å²) >= 11 is 0. The van der Waals surface area contributed by atoms with Gasteiger partial charge >= 0.3 is 0 Å². The topological polar surface area (TPSA) is 29.5 Å². The number of aliphatic hydroxyl groups is 1. The third-order valence-corrected chi connectivity index (χ3v) is 2.43. The molecule has 2 nitrogen and oxygen atoms in total. The Morgan fingerprint density at radius 3 is 2.21 bits per heavy atom. The van der Waals surface area contributed by atoms with Gasteiger partial charge in [0.1, 0.15) is 0 Å². The van der Waals surface area contributed by atoms with Gasteiger partial charge in [0.25, 0.3) is 0 Å². The smallest absolute Gasteiger partial charge is 0.0597 e. The Balaban J connectivity index is 0.000000255. The monoisotopic (exact) mass is 202 g/mol. The largest absolute Gasteiger partial charge is 0.396 e. The van der Waals surface area contributed by atoms with Crippen molar-refractivity contribution in [1.29, 1.82) is 0 Å². The molecule has 1 fully saturated rings. The summed E-state index contributed by atoms with van der Waals surface area (Å²) in [6, 6.07) is 0. The highest BCUT2D eigenvalue weighted by Gasteiger charge is 2.13. The standard InChI is InChI=1S/C6H12O2.C6H14/c7-4-3-6-2-1-5-8-6;1-3-5-6-4-2/h6-7H,1-5H2;3-6H2,1-2H3. The van der Waals surface area contributed by atoms with Crippen LogP contribution in [-0.4, -0.2) is 24.4 Å². The van der Waals surface area contributed by atoms with E-state index < -0.39 is 0 Å². The van der Waals surface area contributed by atoms with E-state index >= 15 is 0 Å². The van der Waals surface area contributed by atoms with Crippen LogP contribution in [0.5, 0.6) is 0 Å². The molecular formula is C12H26O2. The van der Waals surface area contributed by atoms with Crippen molar-refractivity contribution in [2.45, 2.75) is 64.9 Å². The lowest BCUT2D eigenvalue weighted by Crippen LogP contribution is -2.06. The van der Waals surface area contributed by atoms with Gasteiger partial charge in [0, 0.05) is 13.2 Å². The average Bonchev–Trinajstić information content (AvgIpc) is 2.69. The molecular weight excluding hydrogens is 176 g/mol. The predicted molar refractivity (Wildman–Crippen MR) is 60.5 cm³/mol. The molecule has 1 N–H and O–H groups in total. The van der Waals surface area contributed by atoms with Gasteiger partial charge in [-0.25, -0.2) is 0 Å². The van der Waals surface area contributed by atoms with Gasteiger partial charge in [0.05, 0.1) is 6.10 Å². The number of hydrogen-bond donors (Lipinski definition) is 1. The SMILES string of the molecule is CCCCCC.OCCC1CCCO1. The van der Waals surface area contributed by atoms with Crippen LogP contribution in [0.3, 0.4) is 0 Å². The van der Waals surface area contributed by atoms with Crippen LogP contribution in [0.25, 0.3) is 0 Å².